The van der Waals surface area contributed by atoms with Crippen LogP contribution in [0.3, 0.4) is 0 Å². The molecular weight excluding hydrogens is 948 g/mol. The summed E-state index contributed by atoms with van der Waals surface area (Å²) in [7, 11) is 0. The number of fused-ring (bicyclic) bond motifs is 6. The molecule has 10 aromatic carbocycles. The van der Waals surface area contributed by atoms with Crippen LogP contribution >= 0.6 is 0 Å². The minimum atomic E-state index is -4.86. The highest BCUT2D eigenvalue weighted by Gasteiger charge is 2.36. The highest BCUT2D eigenvalue weighted by Crippen LogP contribution is 2.48. The lowest BCUT2D eigenvalue weighted by atomic mass is 9.93. The summed E-state index contributed by atoms with van der Waals surface area (Å²) in [5.74, 6) is 0. The van der Waals surface area contributed by atoms with E-state index in [2.05, 4.69) is 30.3 Å². The van der Waals surface area contributed by atoms with Gasteiger partial charge in [-0.2, -0.15) is 39.5 Å². The predicted octanol–water partition coefficient (Wildman–Crippen LogP) is 16.6. The molecule has 0 unspecified atom stereocenters. The lowest BCUT2D eigenvalue weighted by Crippen LogP contribution is -2.11. The summed E-state index contributed by atoms with van der Waals surface area (Å²) in [5, 5.41) is 55.3. The number of rotatable bonds is 7. The van der Waals surface area contributed by atoms with Crippen molar-refractivity contribution in [3.8, 4) is 97.4 Å². The normalized spacial score (nSPS) is 11.3. The number of alkyl halides is 3. The molecular formula is C66H34F3N7. The number of nitriles is 5. The van der Waals surface area contributed by atoms with Crippen LogP contribution in [0.15, 0.2) is 206 Å². The second kappa shape index (κ2) is 18.3. The molecule has 0 radical (unpaired) electrons. The summed E-state index contributed by atoms with van der Waals surface area (Å²) in [6.07, 6.45) is -4.86. The zero-order valence-electron chi connectivity index (χ0n) is 39.9. The average molecular weight is 982 g/mol. The second-order valence-electron chi connectivity index (χ2n) is 18.3. The predicted molar refractivity (Wildman–Crippen MR) is 291 cm³/mol. The minimum Gasteiger partial charge on any atom is -0.308 e. The van der Waals surface area contributed by atoms with Gasteiger partial charge in [0.25, 0.3) is 0 Å². The van der Waals surface area contributed by atoms with E-state index in [1.54, 1.807) is 66.7 Å². The molecule has 0 aliphatic rings. The Morgan fingerprint density at radius 3 is 0.895 bits per heavy atom. The molecule has 0 bridgehead atoms. The summed E-state index contributed by atoms with van der Waals surface area (Å²) < 4.78 is 51.5. The van der Waals surface area contributed by atoms with E-state index in [0.717, 1.165) is 27.6 Å². The molecule has 2 heterocycles. The summed E-state index contributed by atoms with van der Waals surface area (Å²) in [6, 6.07) is 72.1. The Morgan fingerprint density at radius 2 is 0.605 bits per heavy atom. The molecule has 0 fully saturated rings. The molecule has 354 valence electrons. The van der Waals surface area contributed by atoms with E-state index < -0.39 is 11.7 Å². The molecule has 2 aromatic heterocycles. The Labute approximate surface area is 433 Å². The van der Waals surface area contributed by atoms with Crippen LogP contribution in [0.5, 0.6) is 0 Å². The van der Waals surface area contributed by atoms with Crippen LogP contribution in [0.25, 0.3) is 111 Å². The van der Waals surface area contributed by atoms with E-state index in [1.165, 1.54) is 12.1 Å². The molecule has 12 rings (SSSR count). The maximum absolute atomic E-state index is 15.9. The van der Waals surface area contributed by atoms with E-state index in [-0.39, 0.29) is 28.1 Å². The molecule has 76 heavy (non-hydrogen) atoms. The van der Waals surface area contributed by atoms with Crippen LogP contribution in [-0.2, 0) is 6.18 Å². The quantitative estimate of drug-likeness (QED) is 0.157. The fourth-order valence-electron chi connectivity index (χ4n) is 10.8. The second-order valence-corrected chi connectivity index (χ2v) is 18.3. The highest BCUT2D eigenvalue weighted by atomic mass is 19.4. The van der Waals surface area contributed by atoms with Crippen molar-refractivity contribution in [1.82, 2.24) is 9.13 Å². The zero-order valence-corrected chi connectivity index (χ0v) is 39.9. The third kappa shape index (κ3) is 7.49. The van der Waals surface area contributed by atoms with Crippen LogP contribution in [0.1, 0.15) is 33.4 Å². The van der Waals surface area contributed by atoms with Gasteiger partial charge in [-0.25, -0.2) is 0 Å². The van der Waals surface area contributed by atoms with Crippen molar-refractivity contribution in [3.63, 3.8) is 0 Å². The zero-order chi connectivity index (χ0) is 52.2. The van der Waals surface area contributed by atoms with E-state index >= 15 is 13.2 Å². The molecule has 0 saturated heterocycles. The van der Waals surface area contributed by atoms with Gasteiger partial charge in [-0.3, -0.25) is 0 Å². The maximum atomic E-state index is 15.9. The first-order chi connectivity index (χ1) is 37.1. The third-order valence-electron chi connectivity index (χ3n) is 14.2. The Bertz CT molecular complexity index is 4170. The van der Waals surface area contributed by atoms with Gasteiger partial charge in [0, 0.05) is 27.1 Å². The van der Waals surface area contributed by atoms with Crippen molar-refractivity contribution in [2.75, 3.05) is 0 Å². The van der Waals surface area contributed by atoms with E-state index in [4.69, 9.17) is 0 Å². The number of halogens is 3. The molecule has 0 saturated carbocycles. The standard InChI is InChI=1S/C66H34F3N7/c67-66(68,69)58-20-10-9-19-57(58)65-63(75-59-31-41(49-15-5-1-11-45(49)36-71)21-25-53(59)54-26-22-42(32-60(54)75)50-16-6-2-12-46(50)37-72)29-40(35-70)30-64(65)76-61-33-43(51-17-7-3-13-47(51)38-73)23-27-55(61)56-28-24-44(34-62(56)76)52-18-8-4-14-48(52)39-74/h1-34H. The highest BCUT2D eigenvalue weighted by molar-refractivity contribution is 6.14. The first-order valence-corrected chi connectivity index (χ1v) is 24.0. The van der Waals surface area contributed by atoms with Gasteiger partial charge in [0.1, 0.15) is 0 Å². The Morgan fingerprint density at radius 1 is 0.316 bits per heavy atom. The number of hydrogen-bond donors (Lipinski definition) is 0. The first-order valence-electron chi connectivity index (χ1n) is 24.0. The largest absolute Gasteiger partial charge is 0.417 e. The Hall–Kier alpha value is -11.0. The van der Waals surface area contributed by atoms with Crippen molar-refractivity contribution in [1.29, 1.82) is 26.3 Å². The van der Waals surface area contributed by atoms with Gasteiger partial charge in [0.15, 0.2) is 0 Å². The van der Waals surface area contributed by atoms with Crippen LogP contribution in [-0.4, -0.2) is 9.13 Å². The summed E-state index contributed by atoms with van der Waals surface area (Å²) >= 11 is 0. The SMILES string of the molecule is N#Cc1cc(-n2c3cc(-c4ccccc4C#N)ccc3c3ccc(-c4ccccc4C#N)cc32)c(-c2ccccc2C(F)(F)F)c(-n2c3cc(-c4ccccc4C#N)ccc3c3ccc(-c4ccccc4C#N)cc32)c1. The number of benzene rings is 10. The summed E-state index contributed by atoms with van der Waals surface area (Å²) in [5.41, 5.74) is 8.98. The van der Waals surface area contributed by atoms with Crippen LogP contribution in [0, 0.1) is 56.7 Å². The van der Waals surface area contributed by atoms with Gasteiger partial charge in [0.05, 0.1) is 97.2 Å². The molecule has 0 aliphatic carbocycles. The molecule has 0 amide bonds. The van der Waals surface area contributed by atoms with E-state index in [1.807, 2.05) is 130 Å². The smallest absolute Gasteiger partial charge is 0.308 e. The molecule has 10 heteroatoms. The van der Waals surface area contributed by atoms with Crippen LogP contribution in [0.4, 0.5) is 13.2 Å². The van der Waals surface area contributed by atoms with Crippen molar-refractivity contribution in [2.45, 2.75) is 6.18 Å². The number of hydrogen-bond acceptors (Lipinski definition) is 5. The van der Waals surface area contributed by atoms with Crippen LogP contribution in [0.2, 0.25) is 0 Å². The fraction of sp³-hybridized carbons (Fsp3) is 0.0152. The summed E-state index contributed by atoms with van der Waals surface area (Å²) in [6.45, 7) is 0. The average Bonchev–Trinajstić information content (AvgIpc) is 4.12. The van der Waals surface area contributed by atoms with Crippen molar-refractivity contribution >= 4 is 43.6 Å². The van der Waals surface area contributed by atoms with Crippen molar-refractivity contribution in [3.05, 3.63) is 240 Å². The molecule has 0 N–H and O–H groups in total. The monoisotopic (exact) mass is 981 g/mol. The Balaban J connectivity index is 1.29. The maximum Gasteiger partial charge on any atom is 0.417 e. The minimum absolute atomic E-state index is 0.136. The van der Waals surface area contributed by atoms with E-state index in [9.17, 15) is 26.3 Å². The molecule has 0 aliphatic heterocycles. The molecule has 7 nitrogen and oxygen atoms in total. The molecule has 0 spiro atoms. The van der Waals surface area contributed by atoms with E-state index in [0.29, 0.717) is 88.8 Å². The van der Waals surface area contributed by atoms with Crippen LogP contribution < -0.4 is 0 Å². The van der Waals surface area contributed by atoms with Crippen molar-refractivity contribution in [2.24, 2.45) is 0 Å². The number of aromatic nitrogens is 2. The van der Waals surface area contributed by atoms with Gasteiger partial charge < -0.3 is 9.13 Å². The molecule has 0 atom stereocenters. The first kappa shape index (κ1) is 46.1. The van der Waals surface area contributed by atoms with Gasteiger partial charge in [-0.1, -0.05) is 140 Å². The van der Waals surface area contributed by atoms with Gasteiger partial charge >= 0.3 is 6.18 Å². The number of nitrogens with zero attached hydrogens (tertiary/aromatic N) is 7. The lowest BCUT2D eigenvalue weighted by Gasteiger charge is -2.23. The topological polar surface area (TPSA) is 129 Å². The van der Waals surface area contributed by atoms with Crippen molar-refractivity contribution < 1.29 is 13.2 Å². The molecule has 12 aromatic rings. The summed E-state index contributed by atoms with van der Waals surface area (Å²) in [4.78, 5) is 0. The van der Waals surface area contributed by atoms with Gasteiger partial charge in [-0.05, 0) is 117 Å². The fourth-order valence-corrected chi connectivity index (χ4v) is 10.8. The lowest BCUT2D eigenvalue weighted by molar-refractivity contribution is -0.137. The van der Waals surface area contributed by atoms with Gasteiger partial charge in [0.2, 0.25) is 0 Å². The van der Waals surface area contributed by atoms with Gasteiger partial charge in [-0.15, -0.1) is 0 Å². The Kier molecular flexibility index (Phi) is 11.1. The third-order valence-corrected chi connectivity index (χ3v) is 14.2.